The Hall–Kier alpha value is -2.83. The van der Waals surface area contributed by atoms with Crippen molar-refractivity contribution in [2.24, 2.45) is 0 Å². The lowest BCUT2D eigenvalue weighted by molar-refractivity contribution is -0.359. The zero-order valence-electron chi connectivity index (χ0n) is 55.4. The molecule has 2 aliphatic rings. The topological polar surface area (TPSA) is 228 Å². The molecule has 12 unspecified atom stereocenters. The molecule has 14 nitrogen and oxygen atoms in total. The zero-order chi connectivity index (χ0) is 63.8. The minimum atomic E-state index is -1.79. The molecule has 510 valence electrons. The van der Waals surface area contributed by atoms with Gasteiger partial charge in [-0.05, 0) is 77.0 Å². The van der Waals surface area contributed by atoms with Crippen molar-refractivity contribution in [2.75, 3.05) is 19.8 Å². The molecule has 2 rings (SSSR count). The van der Waals surface area contributed by atoms with Gasteiger partial charge in [0.1, 0.15) is 48.8 Å². The number of unbranched alkanes of at least 4 members (excludes halogenated alkanes) is 33. The van der Waals surface area contributed by atoms with E-state index < -0.39 is 86.8 Å². The van der Waals surface area contributed by atoms with Crippen LogP contribution in [0.15, 0.2) is 85.1 Å². The molecule has 2 aliphatic heterocycles. The van der Waals surface area contributed by atoms with Crippen molar-refractivity contribution in [1.29, 1.82) is 0 Å². The quantitative estimate of drug-likeness (QED) is 0.0204. The maximum absolute atomic E-state index is 13.3. The molecular weight excluding hydrogens is 1110 g/mol. The first kappa shape index (κ1) is 81.3. The van der Waals surface area contributed by atoms with Gasteiger partial charge in [-0.1, -0.05) is 285 Å². The lowest BCUT2D eigenvalue weighted by Crippen LogP contribution is -2.65. The number of rotatable bonds is 58. The van der Waals surface area contributed by atoms with Crippen LogP contribution in [0, 0.1) is 0 Å². The molecule has 1 amide bonds. The van der Waals surface area contributed by atoms with E-state index in [4.69, 9.17) is 18.9 Å². The van der Waals surface area contributed by atoms with E-state index >= 15 is 0 Å². The summed E-state index contributed by atoms with van der Waals surface area (Å²) in [6, 6.07) is -0.933. The standard InChI is InChI=1S/C74H131NO13/c1-3-5-7-9-11-13-15-17-19-20-21-22-23-24-25-26-27-28-29-30-31-32-33-34-35-36-37-38-39-40-41-42-44-46-48-50-52-54-56-58-66(79)75-62(63(78)57-55-53-51-49-47-45-43-18-16-14-12-10-8-6-4-2)61-85-73-71(84)69(82)72(65(60-77)87-73)88-74-70(83)68(81)67(80)64(59-76)86-74/h5,7,11,13,17,19,21-22,24-25,47,49,55,57,62-65,67-74,76-78,80-84H,3-4,6,8-10,12,14-16,18,20,23,26-46,48,50-54,56,58-61H2,1-2H3,(H,75,79)/b7-5-,13-11-,19-17-,22-21-,25-24-,49-47+,57-55+. The summed E-state index contributed by atoms with van der Waals surface area (Å²) in [5.74, 6) is -0.247. The smallest absolute Gasteiger partial charge is 0.220 e. The summed E-state index contributed by atoms with van der Waals surface area (Å²) in [6.07, 6.45) is 63.8. The fraction of sp³-hybridized carbons (Fsp3) is 0.797. The molecule has 0 radical (unpaired) electrons. The summed E-state index contributed by atoms with van der Waals surface area (Å²) in [5, 5.41) is 87.3. The van der Waals surface area contributed by atoms with Crippen LogP contribution in [0.5, 0.6) is 0 Å². The largest absolute Gasteiger partial charge is 0.394 e. The Labute approximate surface area is 535 Å². The molecule has 0 aliphatic carbocycles. The van der Waals surface area contributed by atoms with Gasteiger partial charge < -0.3 is 65.1 Å². The molecule has 0 aromatic heterocycles. The third kappa shape index (κ3) is 41.6. The van der Waals surface area contributed by atoms with Gasteiger partial charge in [-0.3, -0.25) is 4.79 Å². The highest BCUT2D eigenvalue weighted by atomic mass is 16.7. The Bertz CT molecular complexity index is 1800. The predicted molar refractivity (Wildman–Crippen MR) is 360 cm³/mol. The van der Waals surface area contributed by atoms with Gasteiger partial charge in [0.05, 0.1) is 32.0 Å². The third-order valence-electron chi connectivity index (χ3n) is 17.1. The second-order valence-electron chi connectivity index (χ2n) is 25.0. The van der Waals surface area contributed by atoms with E-state index in [-0.39, 0.29) is 18.9 Å². The molecule has 2 fully saturated rings. The van der Waals surface area contributed by atoms with E-state index in [0.29, 0.717) is 12.8 Å². The number of amides is 1. The first-order valence-electron chi connectivity index (χ1n) is 35.8. The minimum Gasteiger partial charge on any atom is -0.394 e. The van der Waals surface area contributed by atoms with Crippen LogP contribution in [0.25, 0.3) is 0 Å². The number of nitrogens with one attached hydrogen (secondary N) is 1. The monoisotopic (exact) mass is 1240 g/mol. The number of allylic oxidation sites excluding steroid dienone is 13. The molecule has 0 bridgehead atoms. The van der Waals surface area contributed by atoms with Gasteiger partial charge in [0, 0.05) is 6.42 Å². The number of hydrogen-bond acceptors (Lipinski definition) is 13. The molecule has 2 saturated heterocycles. The van der Waals surface area contributed by atoms with E-state index in [2.05, 4.69) is 92.1 Å². The molecule has 0 saturated carbocycles. The summed E-state index contributed by atoms with van der Waals surface area (Å²) < 4.78 is 22.8. The van der Waals surface area contributed by atoms with E-state index in [9.17, 15) is 45.6 Å². The van der Waals surface area contributed by atoms with Crippen molar-refractivity contribution in [3.8, 4) is 0 Å². The van der Waals surface area contributed by atoms with Crippen molar-refractivity contribution < 1.29 is 64.6 Å². The molecule has 88 heavy (non-hydrogen) atoms. The molecule has 9 N–H and O–H groups in total. The number of carbonyl (C=O) groups excluding carboxylic acids is 1. The molecular formula is C74H131NO13. The Morgan fingerprint density at radius 1 is 0.420 bits per heavy atom. The Morgan fingerprint density at radius 3 is 1.25 bits per heavy atom. The van der Waals surface area contributed by atoms with Crippen LogP contribution in [-0.2, 0) is 23.7 Å². The summed E-state index contributed by atoms with van der Waals surface area (Å²) in [5.41, 5.74) is 0. The van der Waals surface area contributed by atoms with Crippen LogP contribution in [0.1, 0.15) is 284 Å². The lowest BCUT2D eigenvalue weighted by atomic mass is 9.97. The Balaban J connectivity index is 1.58. The molecule has 14 heteroatoms. The number of aliphatic hydroxyl groups excluding tert-OH is 8. The van der Waals surface area contributed by atoms with E-state index in [1.807, 2.05) is 6.08 Å². The number of hydrogen-bond donors (Lipinski definition) is 9. The Morgan fingerprint density at radius 2 is 0.795 bits per heavy atom. The van der Waals surface area contributed by atoms with Crippen LogP contribution < -0.4 is 5.32 Å². The second-order valence-corrected chi connectivity index (χ2v) is 25.0. The Kier molecular flexibility index (Phi) is 53.6. The first-order valence-corrected chi connectivity index (χ1v) is 35.8. The van der Waals surface area contributed by atoms with Gasteiger partial charge >= 0.3 is 0 Å². The van der Waals surface area contributed by atoms with Gasteiger partial charge in [0.25, 0.3) is 0 Å². The van der Waals surface area contributed by atoms with Gasteiger partial charge in [0.15, 0.2) is 12.6 Å². The summed E-state index contributed by atoms with van der Waals surface area (Å²) in [4.78, 5) is 13.3. The molecule has 0 aromatic rings. The SMILES string of the molecule is CC/C=C\C/C=C\C/C=C\C/C=C\C/C=C\CCCCCCCCCCCCCCCCCCCCCCCCCC(=O)NC(COC1OC(CO)C(OC2OC(CO)C(O)C(O)C2O)C(O)C1O)C(O)/C=C/CC/C=C/CCCCCCCCCCC. The van der Waals surface area contributed by atoms with Crippen molar-refractivity contribution in [3.05, 3.63) is 85.1 Å². The van der Waals surface area contributed by atoms with Gasteiger partial charge in [-0.2, -0.15) is 0 Å². The number of aliphatic hydroxyl groups is 8. The maximum atomic E-state index is 13.3. The van der Waals surface area contributed by atoms with Crippen LogP contribution in [0.2, 0.25) is 0 Å². The van der Waals surface area contributed by atoms with Gasteiger partial charge in [0.2, 0.25) is 5.91 Å². The average molecular weight is 1240 g/mol. The first-order chi connectivity index (χ1) is 43.1. The normalized spacial score (nSPS) is 23.7. The van der Waals surface area contributed by atoms with Gasteiger partial charge in [-0.15, -0.1) is 0 Å². The third-order valence-corrected chi connectivity index (χ3v) is 17.1. The fourth-order valence-electron chi connectivity index (χ4n) is 11.4. The average Bonchev–Trinajstić information content (AvgIpc) is 2.99. The zero-order valence-corrected chi connectivity index (χ0v) is 55.4. The minimum absolute atomic E-state index is 0.247. The molecule has 12 atom stereocenters. The van der Waals surface area contributed by atoms with E-state index in [1.54, 1.807) is 6.08 Å². The molecule has 0 spiro atoms. The van der Waals surface area contributed by atoms with E-state index in [0.717, 1.165) is 64.2 Å². The summed E-state index contributed by atoms with van der Waals surface area (Å²) >= 11 is 0. The molecule has 0 aromatic carbocycles. The maximum Gasteiger partial charge on any atom is 0.220 e. The van der Waals surface area contributed by atoms with Crippen molar-refractivity contribution in [2.45, 2.75) is 357 Å². The van der Waals surface area contributed by atoms with Gasteiger partial charge in [-0.25, -0.2) is 0 Å². The number of carbonyl (C=O) groups is 1. The van der Waals surface area contributed by atoms with Crippen LogP contribution >= 0.6 is 0 Å². The summed E-state index contributed by atoms with van der Waals surface area (Å²) in [6.45, 7) is 2.68. The van der Waals surface area contributed by atoms with Crippen LogP contribution in [0.4, 0.5) is 0 Å². The highest BCUT2D eigenvalue weighted by molar-refractivity contribution is 5.76. The predicted octanol–water partition coefficient (Wildman–Crippen LogP) is 14.8. The summed E-state index contributed by atoms with van der Waals surface area (Å²) in [7, 11) is 0. The van der Waals surface area contributed by atoms with Crippen LogP contribution in [0.3, 0.4) is 0 Å². The van der Waals surface area contributed by atoms with E-state index in [1.165, 1.54) is 186 Å². The lowest BCUT2D eigenvalue weighted by Gasteiger charge is -2.46. The van der Waals surface area contributed by atoms with Crippen LogP contribution in [-0.4, -0.2) is 140 Å². The second kappa shape index (κ2) is 58.0. The highest BCUT2D eigenvalue weighted by Crippen LogP contribution is 2.30. The van der Waals surface area contributed by atoms with Crippen molar-refractivity contribution in [1.82, 2.24) is 5.32 Å². The molecule has 2 heterocycles. The number of ether oxygens (including phenoxy) is 4. The fourth-order valence-corrected chi connectivity index (χ4v) is 11.4. The van der Waals surface area contributed by atoms with Crippen molar-refractivity contribution >= 4 is 5.91 Å². The highest BCUT2D eigenvalue weighted by Gasteiger charge is 2.51. The van der Waals surface area contributed by atoms with Crippen molar-refractivity contribution in [3.63, 3.8) is 0 Å².